The maximum Gasteiger partial charge on any atom is 0.174 e. The molecule has 0 bridgehead atoms. The molecule has 0 aliphatic carbocycles. The molecular weight excluding hydrogens is 474 g/mol. The Bertz CT molecular complexity index is 1250. The average molecular weight is 494 g/mol. The third-order valence-corrected chi connectivity index (χ3v) is 7.01. The predicted octanol–water partition coefficient (Wildman–Crippen LogP) is 6.77. The highest BCUT2D eigenvalue weighted by Crippen LogP contribution is 2.44. The van der Waals surface area contributed by atoms with Crippen LogP contribution in [-0.2, 0) is 0 Å². The van der Waals surface area contributed by atoms with E-state index in [1.807, 2.05) is 72.8 Å². The molecule has 1 saturated heterocycles. The minimum absolute atomic E-state index is 0.0711. The second kappa shape index (κ2) is 9.39. The van der Waals surface area contributed by atoms with Crippen molar-refractivity contribution in [3.63, 3.8) is 0 Å². The van der Waals surface area contributed by atoms with Crippen LogP contribution in [0.3, 0.4) is 0 Å². The first-order valence-corrected chi connectivity index (χ1v) is 11.9. The van der Waals surface area contributed by atoms with E-state index in [-0.39, 0.29) is 12.1 Å². The molecule has 2 atom stereocenters. The Balaban J connectivity index is 1.44. The lowest BCUT2D eigenvalue weighted by molar-refractivity contribution is 0.413. The Morgan fingerprint density at radius 1 is 0.939 bits per heavy atom. The number of anilines is 1. The highest BCUT2D eigenvalue weighted by molar-refractivity contribution is 7.80. The molecule has 3 heterocycles. The first-order valence-electron chi connectivity index (χ1n) is 10.3. The van der Waals surface area contributed by atoms with Crippen molar-refractivity contribution in [3.8, 4) is 17.2 Å². The summed E-state index contributed by atoms with van der Waals surface area (Å²) >= 11 is 13.6. The van der Waals surface area contributed by atoms with Gasteiger partial charge in [0.15, 0.2) is 5.11 Å². The van der Waals surface area contributed by atoms with Crippen LogP contribution in [0.4, 0.5) is 5.69 Å². The fourth-order valence-electron chi connectivity index (χ4n) is 3.86. The number of pyridine rings is 1. The second-order valence-electron chi connectivity index (χ2n) is 7.41. The third kappa shape index (κ3) is 4.53. The monoisotopic (exact) mass is 493 g/mol. The van der Waals surface area contributed by atoms with Crippen LogP contribution in [0.2, 0.25) is 4.34 Å². The van der Waals surface area contributed by atoms with E-state index < -0.39 is 0 Å². The van der Waals surface area contributed by atoms with Gasteiger partial charge in [-0.05, 0) is 85.0 Å². The third-order valence-electron chi connectivity index (χ3n) is 5.39. The van der Waals surface area contributed by atoms with Gasteiger partial charge in [0.25, 0.3) is 0 Å². The normalized spacial score (nSPS) is 17.6. The minimum atomic E-state index is -0.0938. The first-order chi connectivity index (χ1) is 16.1. The fourth-order valence-corrected chi connectivity index (χ4v) is 5.40. The molecule has 5 rings (SSSR count). The van der Waals surface area contributed by atoms with E-state index in [1.165, 1.54) is 0 Å². The van der Waals surface area contributed by atoms with Crippen molar-refractivity contribution < 1.29 is 9.47 Å². The van der Waals surface area contributed by atoms with Gasteiger partial charge >= 0.3 is 0 Å². The van der Waals surface area contributed by atoms with E-state index in [9.17, 15) is 0 Å². The van der Waals surface area contributed by atoms with Crippen LogP contribution >= 0.6 is 35.2 Å². The van der Waals surface area contributed by atoms with Gasteiger partial charge in [0, 0.05) is 16.8 Å². The van der Waals surface area contributed by atoms with Gasteiger partial charge in [-0.25, -0.2) is 0 Å². The van der Waals surface area contributed by atoms with Gasteiger partial charge in [-0.1, -0.05) is 17.7 Å². The number of halogens is 1. The number of benzene rings is 2. The summed E-state index contributed by atoms with van der Waals surface area (Å²) in [6.45, 7) is 0. The molecule has 1 N–H and O–H groups in total. The number of hydrogen-bond acceptors (Lipinski definition) is 5. The van der Waals surface area contributed by atoms with Crippen LogP contribution in [0.15, 0.2) is 85.1 Å². The summed E-state index contributed by atoms with van der Waals surface area (Å²) in [5.41, 5.74) is 1.89. The molecule has 5 nitrogen and oxygen atoms in total. The summed E-state index contributed by atoms with van der Waals surface area (Å²) in [4.78, 5) is 7.80. The van der Waals surface area contributed by atoms with Crippen LogP contribution < -0.4 is 19.7 Å². The number of nitrogens with one attached hydrogen (secondary N) is 1. The number of methoxy groups -OCH3 is 1. The number of aromatic nitrogens is 1. The van der Waals surface area contributed by atoms with Crippen molar-refractivity contribution in [1.29, 1.82) is 0 Å². The Kier molecular flexibility index (Phi) is 6.17. The van der Waals surface area contributed by atoms with E-state index >= 15 is 0 Å². The van der Waals surface area contributed by atoms with Gasteiger partial charge in [-0.15, -0.1) is 11.3 Å². The standard InChI is InChI=1S/C25H20ClN3O2S2/c1-30-17-9-11-19(12-10-17)31-18-7-5-16(6-8-18)29-24(21-13-14-22(26)33-21)23(28-25(29)32)20-4-2-3-15-27-20/h2-15,23-24H,1H3,(H,28,32). The van der Waals surface area contributed by atoms with Crippen molar-refractivity contribution in [2.24, 2.45) is 0 Å². The zero-order chi connectivity index (χ0) is 22.8. The SMILES string of the molecule is COc1ccc(Oc2ccc(N3C(=S)NC(c4ccccn4)C3c3ccc(Cl)s3)cc2)cc1. The number of rotatable bonds is 6. The summed E-state index contributed by atoms with van der Waals surface area (Å²) in [6.07, 6.45) is 1.80. The molecule has 1 fully saturated rings. The number of nitrogens with zero attached hydrogens (tertiary/aromatic N) is 2. The average Bonchev–Trinajstić information content (AvgIpc) is 3.43. The van der Waals surface area contributed by atoms with Gasteiger partial charge in [-0.3, -0.25) is 4.98 Å². The smallest absolute Gasteiger partial charge is 0.174 e. The number of thiocarbonyl (C=S) groups is 1. The summed E-state index contributed by atoms with van der Waals surface area (Å²) in [7, 11) is 1.64. The molecular formula is C25H20ClN3O2S2. The molecule has 166 valence electrons. The van der Waals surface area contributed by atoms with E-state index in [1.54, 1.807) is 24.6 Å². The zero-order valence-electron chi connectivity index (χ0n) is 17.6. The summed E-state index contributed by atoms with van der Waals surface area (Å²) < 4.78 is 11.9. The van der Waals surface area contributed by atoms with E-state index in [2.05, 4.69) is 21.3 Å². The molecule has 0 spiro atoms. The maximum atomic E-state index is 6.29. The minimum Gasteiger partial charge on any atom is -0.497 e. The maximum absolute atomic E-state index is 6.29. The Morgan fingerprint density at radius 3 is 2.24 bits per heavy atom. The Labute approximate surface area is 206 Å². The van der Waals surface area contributed by atoms with Crippen LogP contribution in [0.5, 0.6) is 17.2 Å². The quantitative estimate of drug-likeness (QED) is 0.299. The topological polar surface area (TPSA) is 46.6 Å². The van der Waals surface area contributed by atoms with Crippen molar-refractivity contribution >= 4 is 46.0 Å². The number of thiophene rings is 1. The molecule has 1 aliphatic rings. The van der Waals surface area contributed by atoms with Crippen molar-refractivity contribution in [3.05, 3.63) is 100.0 Å². The molecule has 0 amide bonds. The van der Waals surface area contributed by atoms with Crippen LogP contribution in [-0.4, -0.2) is 17.2 Å². The van der Waals surface area contributed by atoms with Gasteiger partial charge in [0.1, 0.15) is 17.2 Å². The van der Waals surface area contributed by atoms with Gasteiger partial charge in [-0.2, -0.15) is 0 Å². The van der Waals surface area contributed by atoms with Gasteiger partial charge < -0.3 is 19.7 Å². The van der Waals surface area contributed by atoms with E-state index in [0.29, 0.717) is 5.11 Å². The summed E-state index contributed by atoms with van der Waals surface area (Å²) in [6, 6.07) is 25.1. The van der Waals surface area contributed by atoms with Gasteiger partial charge in [0.2, 0.25) is 0 Å². The summed E-state index contributed by atoms with van der Waals surface area (Å²) in [5, 5.41) is 4.10. The van der Waals surface area contributed by atoms with Crippen LogP contribution in [0.1, 0.15) is 22.7 Å². The molecule has 0 saturated carbocycles. The fraction of sp³-hybridized carbons (Fsp3) is 0.120. The Morgan fingerprint density at radius 2 is 1.64 bits per heavy atom. The molecule has 2 unspecified atom stereocenters. The number of hydrogen-bond donors (Lipinski definition) is 1. The zero-order valence-corrected chi connectivity index (χ0v) is 20.0. The molecule has 8 heteroatoms. The van der Waals surface area contributed by atoms with E-state index in [4.69, 9.17) is 33.3 Å². The highest BCUT2D eigenvalue weighted by Gasteiger charge is 2.41. The van der Waals surface area contributed by atoms with Gasteiger partial charge in [0.05, 0.1) is 29.2 Å². The molecule has 2 aromatic heterocycles. The van der Waals surface area contributed by atoms with Crippen LogP contribution in [0, 0.1) is 0 Å². The van der Waals surface area contributed by atoms with Crippen LogP contribution in [0.25, 0.3) is 0 Å². The molecule has 4 aromatic rings. The first kappa shape index (κ1) is 21.7. The molecule has 0 radical (unpaired) electrons. The van der Waals surface area contributed by atoms with Crippen molar-refractivity contribution in [2.45, 2.75) is 12.1 Å². The molecule has 2 aromatic carbocycles. The predicted molar refractivity (Wildman–Crippen MR) is 137 cm³/mol. The lowest BCUT2D eigenvalue weighted by Gasteiger charge is -2.27. The molecule has 1 aliphatic heterocycles. The lowest BCUT2D eigenvalue weighted by Crippen LogP contribution is -2.28. The van der Waals surface area contributed by atoms with Crippen molar-refractivity contribution in [1.82, 2.24) is 10.3 Å². The van der Waals surface area contributed by atoms with Crippen molar-refractivity contribution in [2.75, 3.05) is 12.0 Å². The number of ether oxygens (including phenoxy) is 2. The highest BCUT2D eigenvalue weighted by atomic mass is 35.5. The molecule has 33 heavy (non-hydrogen) atoms. The van der Waals surface area contributed by atoms with E-state index in [0.717, 1.165) is 37.8 Å². The lowest BCUT2D eigenvalue weighted by atomic mass is 10.0. The second-order valence-corrected chi connectivity index (χ2v) is 9.54. The summed E-state index contributed by atoms with van der Waals surface area (Å²) in [5.74, 6) is 2.26. The Hall–Kier alpha value is -3.13. The largest absolute Gasteiger partial charge is 0.497 e.